The first-order valence-electron chi connectivity index (χ1n) is 8.66. The average molecular weight is 398 g/mol. The molecule has 1 fully saturated rings. The molecule has 10 nitrogen and oxygen atoms in total. The van der Waals surface area contributed by atoms with Crippen LogP contribution in [0.2, 0.25) is 0 Å². The third-order valence-corrected chi connectivity index (χ3v) is 4.26. The van der Waals surface area contributed by atoms with Gasteiger partial charge in [-0.2, -0.15) is 0 Å². The Morgan fingerprint density at radius 3 is 2.50 bits per heavy atom. The van der Waals surface area contributed by atoms with Gasteiger partial charge in [-0.05, 0) is 26.0 Å². The maximum atomic E-state index is 12.0. The van der Waals surface area contributed by atoms with Crippen molar-refractivity contribution >= 4 is 11.0 Å². The molecule has 154 valence electrons. The van der Waals surface area contributed by atoms with Gasteiger partial charge in [0.2, 0.25) is 12.0 Å². The Morgan fingerprint density at radius 2 is 1.86 bits per heavy atom. The van der Waals surface area contributed by atoms with Gasteiger partial charge in [-0.25, -0.2) is 4.79 Å². The highest BCUT2D eigenvalue weighted by Crippen LogP contribution is 2.36. The lowest BCUT2D eigenvalue weighted by atomic mass is 9.99. The van der Waals surface area contributed by atoms with Gasteiger partial charge in [-0.15, -0.1) is 0 Å². The van der Waals surface area contributed by atoms with E-state index in [1.54, 1.807) is 6.07 Å². The highest BCUT2D eigenvalue weighted by Gasteiger charge is 2.45. The van der Waals surface area contributed by atoms with Crippen LogP contribution in [0.1, 0.15) is 13.8 Å². The van der Waals surface area contributed by atoms with Crippen LogP contribution in [-0.4, -0.2) is 68.9 Å². The van der Waals surface area contributed by atoms with E-state index in [0.717, 1.165) is 0 Å². The molecule has 1 aliphatic heterocycles. The predicted molar refractivity (Wildman–Crippen MR) is 94.3 cm³/mol. The van der Waals surface area contributed by atoms with E-state index in [4.69, 9.17) is 18.6 Å². The van der Waals surface area contributed by atoms with E-state index in [2.05, 4.69) is 0 Å². The summed E-state index contributed by atoms with van der Waals surface area (Å²) >= 11 is 0. The average Bonchev–Trinajstić information content (AvgIpc) is 2.64. The van der Waals surface area contributed by atoms with E-state index in [1.807, 2.05) is 13.8 Å². The van der Waals surface area contributed by atoms with Crippen molar-refractivity contribution in [1.29, 1.82) is 0 Å². The second-order valence-corrected chi connectivity index (χ2v) is 6.71. The molecule has 0 aliphatic carbocycles. The third-order valence-electron chi connectivity index (χ3n) is 4.26. The normalized spacial score (nSPS) is 27.9. The Labute approximate surface area is 159 Å². The first-order valence-corrected chi connectivity index (χ1v) is 8.66. The van der Waals surface area contributed by atoms with Crippen LogP contribution in [0.3, 0.4) is 0 Å². The van der Waals surface area contributed by atoms with Gasteiger partial charge in [0.1, 0.15) is 35.7 Å². The molecule has 28 heavy (non-hydrogen) atoms. The number of aliphatic hydroxyl groups excluding tert-OH is 4. The minimum Gasteiger partial charge on any atom is -0.499 e. The van der Waals surface area contributed by atoms with Crippen LogP contribution in [0.15, 0.2) is 27.4 Å². The second-order valence-electron chi connectivity index (χ2n) is 6.71. The Kier molecular flexibility index (Phi) is 5.77. The maximum absolute atomic E-state index is 12.0. The van der Waals surface area contributed by atoms with Crippen molar-refractivity contribution < 1.29 is 44.2 Å². The number of aliphatic hydroxyl groups is 4. The molecule has 0 amide bonds. The predicted octanol–water partition coefficient (Wildman–Crippen LogP) is -0.536. The summed E-state index contributed by atoms with van der Waals surface area (Å²) in [5.41, 5.74) is -1.03. The molecule has 1 aliphatic rings. The van der Waals surface area contributed by atoms with Gasteiger partial charge in [0.05, 0.1) is 18.1 Å². The molecule has 10 heteroatoms. The zero-order valence-corrected chi connectivity index (χ0v) is 15.2. The van der Waals surface area contributed by atoms with Crippen LogP contribution in [-0.2, 0) is 4.74 Å². The van der Waals surface area contributed by atoms with Crippen molar-refractivity contribution in [3.63, 3.8) is 0 Å². The lowest BCUT2D eigenvalue weighted by Crippen LogP contribution is -2.60. The van der Waals surface area contributed by atoms with Crippen molar-refractivity contribution in [2.75, 3.05) is 6.61 Å². The van der Waals surface area contributed by atoms with Gasteiger partial charge in [0.25, 0.3) is 0 Å². The topological polar surface area (TPSA) is 159 Å². The molecule has 5 N–H and O–H groups in total. The van der Waals surface area contributed by atoms with Gasteiger partial charge < -0.3 is 44.2 Å². The lowest BCUT2D eigenvalue weighted by Gasteiger charge is -2.39. The monoisotopic (exact) mass is 398 g/mol. The van der Waals surface area contributed by atoms with Crippen molar-refractivity contribution in [3.8, 4) is 17.2 Å². The summed E-state index contributed by atoms with van der Waals surface area (Å²) < 4.78 is 21.3. The summed E-state index contributed by atoms with van der Waals surface area (Å²) in [4.78, 5) is 12.0. The Balaban J connectivity index is 2.00. The first kappa shape index (κ1) is 20.4. The van der Waals surface area contributed by atoms with Crippen LogP contribution >= 0.6 is 0 Å². The van der Waals surface area contributed by atoms with E-state index in [-0.39, 0.29) is 22.8 Å². The fourth-order valence-corrected chi connectivity index (χ4v) is 2.89. The minimum absolute atomic E-state index is 0.0561. The first-order chi connectivity index (χ1) is 13.2. The number of rotatable bonds is 5. The highest BCUT2D eigenvalue weighted by molar-refractivity contribution is 5.86. The summed E-state index contributed by atoms with van der Waals surface area (Å²) in [6.07, 6.45) is -7.84. The molecule has 0 spiro atoms. The highest BCUT2D eigenvalue weighted by atomic mass is 16.7. The molecule has 5 atom stereocenters. The van der Waals surface area contributed by atoms with Gasteiger partial charge in [-0.1, -0.05) is 0 Å². The van der Waals surface area contributed by atoms with Crippen LogP contribution in [0, 0.1) is 0 Å². The second kappa shape index (κ2) is 7.94. The number of hydrogen-bond donors (Lipinski definition) is 5. The fraction of sp³-hybridized carbons (Fsp3) is 0.500. The zero-order valence-electron chi connectivity index (χ0n) is 15.2. The quantitative estimate of drug-likeness (QED) is 0.414. The number of aromatic hydroxyl groups is 1. The standard InChI is InChI=1S/C18H22O10/c1-7(2)25-8-3-4-9-10(5-8)26-17(24)15(23)16(9)28-18-14(22)13(21)12(20)11(6-19)27-18/h3-5,7,11-14,18-23H,6H2,1-2H3/t11-,12-,13+,14+,18-/m1/s1. The maximum Gasteiger partial charge on any atom is 0.382 e. The van der Waals surface area contributed by atoms with Crippen molar-refractivity contribution in [2.45, 2.75) is 50.7 Å². The number of benzene rings is 1. The molecule has 0 bridgehead atoms. The van der Waals surface area contributed by atoms with E-state index in [0.29, 0.717) is 5.75 Å². The van der Waals surface area contributed by atoms with Crippen molar-refractivity contribution in [3.05, 3.63) is 28.6 Å². The fourth-order valence-electron chi connectivity index (χ4n) is 2.89. The number of fused-ring (bicyclic) bond motifs is 1. The van der Waals surface area contributed by atoms with E-state index >= 15 is 0 Å². The number of ether oxygens (including phenoxy) is 3. The molecular formula is C18H22O10. The molecular weight excluding hydrogens is 376 g/mol. The van der Waals surface area contributed by atoms with E-state index < -0.39 is 48.7 Å². The van der Waals surface area contributed by atoms with Gasteiger partial charge in [0.15, 0.2) is 5.75 Å². The third kappa shape index (κ3) is 3.77. The molecule has 0 saturated carbocycles. The largest absolute Gasteiger partial charge is 0.499 e. The molecule has 1 saturated heterocycles. The van der Waals surface area contributed by atoms with Crippen LogP contribution in [0.25, 0.3) is 11.0 Å². The smallest absolute Gasteiger partial charge is 0.382 e. The van der Waals surface area contributed by atoms with Gasteiger partial charge in [-0.3, -0.25) is 0 Å². The molecule has 1 aromatic heterocycles. The number of hydrogen-bond acceptors (Lipinski definition) is 10. The molecule has 2 aromatic rings. The molecule has 1 aromatic carbocycles. The summed E-state index contributed by atoms with van der Waals surface area (Å²) in [5.74, 6) is -0.774. The molecule has 3 rings (SSSR count). The Bertz CT molecular complexity index is 890. The summed E-state index contributed by atoms with van der Waals surface area (Å²) in [5, 5.41) is 49.4. The van der Waals surface area contributed by atoms with Crippen LogP contribution in [0.5, 0.6) is 17.2 Å². The summed E-state index contributed by atoms with van der Waals surface area (Å²) in [6.45, 7) is 3.00. The van der Waals surface area contributed by atoms with Gasteiger partial charge in [0, 0.05) is 6.07 Å². The summed E-state index contributed by atoms with van der Waals surface area (Å²) in [7, 11) is 0. The SMILES string of the molecule is CC(C)Oc1ccc2c(O[C@H]3O[C@H](CO)[C@@H](O)[C@H](O)[C@@H]3O)c(O)c(=O)oc2c1. The molecule has 0 radical (unpaired) electrons. The summed E-state index contributed by atoms with van der Waals surface area (Å²) in [6, 6.07) is 4.49. The van der Waals surface area contributed by atoms with Crippen molar-refractivity contribution in [1.82, 2.24) is 0 Å². The van der Waals surface area contributed by atoms with E-state index in [1.165, 1.54) is 12.1 Å². The molecule has 0 unspecified atom stereocenters. The molecule has 2 heterocycles. The minimum atomic E-state index is -1.71. The zero-order chi connectivity index (χ0) is 20.6. The lowest BCUT2D eigenvalue weighted by molar-refractivity contribution is -0.277. The van der Waals surface area contributed by atoms with Crippen molar-refractivity contribution in [2.24, 2.45) is 0 Å². The Morgan fingerprint density at radius 1 is 1.14 bits per heavy atom. The van der Waals surface area contributed by atoms with E-state index in [9.17, 15) is 30.3 Å². The Hall–Kier alpha value is -2.37. The van der Waals surface area contributed by atoms with Gasteiger partial charge >= 0.3 is 5.63 Å². The van der Waals surface area contributed by atoms with Crippen LogP contribution < -0.4 is 15.1 Å². The van der Waals surface area contributed by atoms with Crippen LogP contribution in [0.4, 0.5) is 0 Å².